The molecule has 2 aromatic heterocycles. The molecule has 1 aliphatic rings. The highest BCUT2D eigenvalue weighted by molar-refractivity contribution is 9.10. The highest BCUT2D eigenvalue weighted by Crippen LogP contribution is 2.46. The van der Waals surface area contributed by atoms with E-state index < -0.39 is 34.3 Å². The van der Waals surface area contributed by atoms with Crippen LogP contribution in [0.1, 0.15) is 30.1 Å². The number of rotatable bonds is 7. The summed E-state index contributed by atoms with van der Waals surface area (Å²) in [6.07, 6.45) is -0.436. The van der Waals surface area contributed by atoms with Crippen molar-refractivity contribution in [2.45, 2.75) is 36.4 Å². The number of nitrogens with one attached hydrogen (secondary N) is 2. The fourth-order valence-corrected chi connectivity index (χ4v) is 4.88. The number of anilines is 2. The number of hydrogen-bond donors (Lipinski definition) is 2. The first-order valence-corrected chi connectivity index (χ1v) is 11.9. The Hall–Kier alpha value is -3.00. The summed E-state index contributed by atoms with van der Waals surface area (Å²) in [4.78, 5) is 20.0. The minimum absolute atomic E-state index is 0.0821. The van der Waals surface area contributed by atoms with Crippen molar-refractivity contribution in [3.05, 3.63) is 58.6 Å². The van der Waals surface area contributed by atoms with Gasteiger partial charge in [0.05, 0.1) is 15.1 Å². The van der Waals surface area contributed by atoms with Crippen molar-refractivity contribution in [1.82, 2.24) is 19.7 Å². The van der Waals surface area contributed by atoms with Crippen molar-refractivity contribution in [1.29, 1.82) is 0 Å². The van der Waals surface area contributed by atoms with Crippen LogP contribution in [0.2, 0.25) is 0 Å². The number of aromatic nitrogens is 4. The van der Waals surface area contributed by atoms with E-state index in [2.05, 4.69) is 41.0 Å². The van der Waals surface area contributed by atoms with Gasteiger partial charge in [-0.25, -0.2) is 23.1 Å². The number of benzene rings is 1. The molecule has 3 aromatic rings. The maximum Gasteiger partial charge on any atom is 0.436 e. The topological polar surface area (TPSA) is 119 Å². The number of nitrogens with zero attached hydrogens (tertiary/aromatic N) is 4. The monoisotopic (exact) mass is 544 g/mol. The fraction of sp³-hybridized carbons (Fsp3) is 0.263. The lowest BCUT2D eigenvalue weighted by Gasteiger charge is -2.10. The summed E-state index contributed by atoms with van der Waals surface area (Å²) in [6.45, 7) is -0.423. The highest BCUT2D eigenvalue weighted by Gasteiger charge is 2.42. The van der Waals surface area contributed by atoms with E-state index in [0.29, 0.717) is 5.69 Å². The van der Waals surface area contributed by atoms with Crippen molar-refractivity contribution < 1.29 is 26.4 Å². The maximum atomic E-state index is 13.2. The predicted molar refractivity (Wildman–Crippen MR) is 115 cm³/mol. The highest BCUT2D eigenvalue weighted by atomic mass is 79.9. The smallest absolute Gasteiger partial charge is 0.324 e. The van der Waals surface area contributed by atoms with E-state index in [-0.39, 0.29) is 26.9 Å². The van der Waals surface area contributed by atoms with Gasteiger partial charge >= 0.3 is 6.18 Å². The van der Waals surface area contributed by atoms with Crippen LogP contribution in [0.15, 0.2) is 52.1 Å². The molecule has 14 heteroatoms. The summed E-state index contributed by atoms with van der Waals surface area (Å²) in [5.41, 5.74) is -0.458. The maximum absolute atomic E-state index is 13.2. The van der Waals surface area contributed by atoms with E-state index in [0.717, 1.165) is 17.5 Å². The first kappa shape index (κ1) is 23.2. The van der Waals surface area contributed by atoms with Crippen LogP contribution in [0.25, 0.3) is 0 Å². The number of amides is 1. The molecule has 1 saturated carbocycles. The number of sulfonamides is 1. The molecule has 1 fully saturated rings. The second-order valence-corrected chi connectivity index (χ2v) is 9.70. The van der Waals surface area contributed by atoms with Gasteiger partial charge in [0.1, 0.15) is 6.54 Å². The van der Waals surface area contributed by atoms with Crippen LogP contribution in [0.3, 0.4) is 0 Å². The SMILES string of the molecule is O=C(Cn1nc(C(F)(F)F)c(Br)c1C1CC1)Nc1ccc(S(=O)(=O)Nc2ncccn2)cc1. The number of carbonyl (C=O) groups is 1. The summed E-state index contributed by atoms with van der Waals surface area (Å²) in [5.74, 6) is -0.779. The van der Waals surface area contributed by atoms with Crippen LogP contribution in [0, 0.1) is 0 Å². The average molecular weight is 545 g/mol. The van der Waals surface area contributed by atoms with Crippen LogP contribution in [-0.4, -0.2) is 34.1 Å². The Balaban J connectivity index is 1.46. The number of carbonyl (C=O) groups excluding carboxylic acids is 1. The Morgan fingerprint density at radius 1 is 1.15 bits per heavy atom. The lowest BCUT2D eigenvalue weighted by Crippen LogP contribution is -2.21. The predicted octanol–water partition coefficient (Wildman–Crippen LogP) is 3.77. The number of halogens is 4. The third-order valence-electron chi connectivity index (χ3n) is 4.70. The first-order valence-electron chi connectivity index (χ1n) is 9.58. The van der Waals surface area contributed by atoms with E-state index in [9.17, 15) is 26.4 Å². The van der Waals surface area contributed by atoms with E-state index >= 15 is 0 Å². The second kappa shape index (κ2) is 8.74. The average Bonchev–Trinajstić information content (AvgIpc) is 3.51. The molecule has 0 bridgehead atoms. The molecule has 174 valence electrons. The van der Waals surface area contributed by atoms with E-state index in [4.69, 9.17) is 0 Å². The molecule has 0 saturated heterocycles. The molecular formula is C19H16BrF3N6O3S. The molecule has 1 aromatic carbocycles. The molecule has 0 atom stereocenters. The quantitative estimate of drug-likeness (QED) is 0.467. The first-order chi connectivity index (χ1) is 15.5. The molecule has 2 N–H and O–H groups in total. The van der Waals surface area contributed by atoms with Gasteiger partial charge in [0.25, 0.3) is 10.0 Å². The van der Waals surface area contributed by atoms with Crippen LogP contribution >= 0.6 is 15.9 Å². The molecule has 0 radical (unpaired) electrons. The van der Waals surface area contributed by atoms with Crippen LogP contribution < -0.4 is 10.0 Å². The third-order valence-corrected chi connectivity index (χ3v) is 6.82. The minimum atomic E-state index is -4.65. The summed E-state index contributed by atoms with van der Waals surface area (Å²) in [6, 6.07) is 6.79. The van der Waals surface area contributed by atoms with Gasteiger partial charge in [-0.15, -0.1) is 0 Å². The number of alkyl halides is 3. The van der Waals surface area contributed by atoms with E-state index in [1.165, 1.54) is 42.7 Å². The second-order valence-electron chi connectivity index (χ2n) is 7.23. The standard InChI is InChI=1S/C19H16BrF3N6O3S/c20-15-16(11-2-3-11)29(27-17(15)19(21,22)23)10-14(30)26-12-4-6-13(7-5-12)33(31,32)28-18-24-8-1-9-25-18/h1,4-9,11H,2-3,10H2,(H,26,30)(H,24,25,28). The van der Waals surface area contributed by atoms with Gasteiger partial charge in [-0.1, -0.05) is 0 Å². The zero-order valence-electron chi connectivity index (χ0n) is 16.7. The fourth-order valence-electron chi connectivity index (χ4n) is 3.09. The third kappa shape index (κ3) is 5.33. The molecule has 1 amide bonds. The molecule has 33 heavy (non-hydrogen) atoms. The Morgan fingerprint density at radius 3 is 2.36 bits per heavy atom. The van der Waals surface area contributed by atoms with Crippen molar-refractivity contribution in [2.24, 2.45) is 0 Å². The summed E-state index contributed by atoms with van der Waals surface area (Å²) in [5, 5.41) is 6.13. The Morgan fingerprint density at radius 2 is 1.79 bits per heavy atom. The van der Waals surface area contributed by atoms with Crippen LogP contribution in [0.4, 0.5) is 24.8 Å². The number of hydrogen-bond acceptors (Lipinski definition) is 6. The molecule has 4 rings (SSSR count). The molecule has 1 aliphatic carbocycles. The Labute approximate surface area is 194 Å². The molecule has 0 spiro atoms. The summed E-state index contributed by atoms with van der Waals surface area (Å²) in [7, 11) is -3.94. The van der Waals surface area contributed by atoms with Gasteiger partial charge in [0.2, 0.25) is 11.9 Å². The van der Waals surface area contributed by atoms with E-state index in [1.54, 1.807) is 0 Å². The van der Waals surface area contributed by atoms with Gasteiger partial charge in [-0.05, 0) is 59.1 Å². The molecule has 0 aliphatic heterocycles. The molecular weight excluding hydrogens is 529 g/mol. The molecule has 2 heterocycles. The Bertz CT molecular complexity index is 1280. The normalized spacial score (nSPS) is 14.2. The van der Waals surface area contributed by atoms with Crippen molar-refractivity contribution in [3.8, 4) is 0 Å². The van der Waals surface area contributed by atoms with Gasteiger partial charge in [-0.3, -0.25) is 9.48 Å². The summed E-state index contributed by atoms with van der Waals surface area (Å²) < 4.78 is 67.6. The Kier molecular flexibility index (Phi) is 6.14. The van der Waals surface area contributed by atoms with Crippen LogP contribution in [0.5, 0.6) is 0 Å². The lowest BCUT2D eigenvalue weighted by molar-refractivity contribution is -0.142. The zero-order chi connectivity index (χ0) is 23.8. The minimum Gasteiger partial charge on any atom is -0.324 e. The van der Waals surface area contributed by atoms with Gasteiger partial charge < -0.3 is 5.32 Å². The van der Waals surface area contributed by atoms with E-state index in [1.807, 2.05) is 0 Å². The lowest BCUT2D eigenvalue weighted by atomic mass is 10.2. The largest absolute Gasteiger partial charge is 0.436 e. The zero-order valence-corrected chi connectivity index (χ0v) is 19.1. The molecule has 0 unspecified atom stereocenters. The van der Waals surface area contributed by atoms with Crippen molar-refractivity contribution >= 4 is 43.5 Å². The van der Waals surface area contributed by atoms with Gasteiger partial charge in [0, 0.05) is 24.0 Å². The van der Waals surface area contributed by atoms with Gasteiger partial charge in [0.15, 0.2) is 5.69 Å². The van der Waals surface area contributed by atoms with Crippen molar-refractivity contribution in [2.75, 3.05) is 10.0 Å². The van der Waals surface area contributed by atoms with Crippen LogP contribution in [-0.2, 0) is 27.5 Å². The molecule has 9 nitrogen and oxygen atoms in total. The van der Waals surface area contributed by atoms with Crippen molar-refractivity contribution in [3.63, 3.8) is 0 Å². The van der Waals surface area contributed by atoms with Gasteiger partial charge in [-0.2, -0.15) is 18.3 Å². The summed E-state index contributed by atoms with van der Waals surface area (Å²) >= 11 is 2.98.